The number of para-hydroxylation sites is 2. The predicted octanol–water partition coefficient (Wildman–Crippen LogP) is 8.50. The van der Waals surface area contributed by atoms with E-state index in [1.807, 2.05) is 74.5 Å². The molecule has 9 heteroatoms. The van der Waals surface area contributed by atoms with E-state index in [1.165, 1.54) is 4.68 Å². The van der Waals surface area contributed by atoms with Crippen LogP contribution >= 0.6 is 31.9 Å². The number of ether oxygens (including phenoxy) is 2. The largest absolute Gasteiger partial charge is 0.490 e. The van der Waals surface area contributed by atoms with Crippen molar-refractivity contribution in [1.82, 2.24) is 9.66 Å². The lowest BCUT2D eigenvalue weighted by Crippen LogP contribution is -2.20. The van der Waals surface area contributed by atoms with Gasteiger partial charge in [0.2, 0.25) is 5.82 Å². The fourth-order valence-corrected chi connectivity index (χ4v) is 5.59. The van der Waals surface area contributed by atoms with Crippen LogP contribution in [0.2, 0.25) is 0 Å². The minimum atomic E-state index is -0.314. The molecule has 0 saturated carbocycles. The zero-order chi connectivity index (χ0) is 29.2. The number of rotatable bonds is 8. The van der Waals surface area contributed by atoms with E-state index in [-0.39, 0.29) is 5.56 Å². The van der Waals surface area contributed by atoms with Crippen molar-refractivity contribution in [2.24, 2.45) is 5.10 Å². The van der Waals surface area contributed by atoms with Gasteiger partial charge in [0.15, 0.2) is 17.3 Å². The van der Waals surface area contributed by atoms with Gasteiger partial charge in [-0.25, -0.2) is 4.98 Å². The van der Waals surface area contributed by atoms with Gasteiger partial charge in [-0.1, -0.05) is 60.2 Å². The Morgan fingerprint density at radius 1 is 0.952 bits per heavy atom. The number of aryl methyl sites for hydroxylation is 1. The Kier molecular flexibility index (Phi) is 7.95. The van der Waals surface area contributed by atoms with Crippen molar-refractivity contribution >= 4 is 59.9 Å². The molecular formula is C33H25Br2N3O4. The van der Waals surface area contributed by atoms with Crippen LogP contribution < -0.4 is 15.0 Å². The fraction of sp³-hybridized carbons (Fsp3) is 0.121. The van der Waals surface area contributed by atoms with Crippen LogP contribution in [0.5, 0.6) is 11.5 Å². The summed E-state index contributed by atoms with van der Waals surface area (Å²) in [5, 5.41) is 5.97. The van der Waals surface area contributed by atoms with Gasteiger partial charge in [-0.3, -0.25) is 4.79 Å². The average Bonchev–Trinajstić information content (AvgIpc) is 3.43. The molecule has 210 valence electrons. The number of halogens is 2. The lowest BCUT2D eigenvalue weighted by atomic mass is 10.1. The van der Waals surface area contributed by atoms with E-state index >= 15 is 0 Å². The summed E-state index contributed by atoms with van der Waals surface area (Å²) in [7, 11) is 0. The maximum absolute atomic E-state index is 13.7. The van der Waals surface area contributed by atoms with Crippen molar-refractivity contribution in [2.75, 3.05) is 6.61 Å². The molecule has 4 aromatic carbocycles. The summed E-state index contributed by atoms with van der Waals surface area (Å²) in [4.78, 5) is 18.4. The number of hydrogen-bond acceptors (Lipinski definition) is 6. The highest BCUT2D eigenvalue weighted by Gasteiger charge is 2.19. The van der Waals surface area contributed by atoms with Gasteiger partial charge >= 0.3 is 0 Å². The van der Waals surface area contributed by atoms with Gasteiger partial charge in [0, 0.05) is 15.4 Å². The van der Waals surface area contributed by atoms with Crippen LogP contribution in [-0.2, 0) is 6.61 Å². The van der Waals surface area contributed by atoms with E-state index in [4.69, 9.17) is 18.9 Å². The van der Waals surface area contributed by atoms with E-state index in [1.54, 1.807) is 24.4 Å². The number of benzene rings is 4. The molecule has 0 aliphatic heterocycles. The second-order valence-electron chi connectivity index (χ2n) is 9.59. The predicted molar refractivity (Wildman–Crippen MR) is 173 cm³/mol. The third-order valence-corrected chi connectivity index (χ3v) is 8.78. The molecule has 0 spiro atoms. The highest BCUT2D eigenvalue weighted by atomic mass is 79.9. The summed E-state index contributed by atoms with van der Waals surface area (Å²) in [5.74, 6) is 1.84. The molecule has 0 radical (unpaired) electrons. The minimum Gasteiger partial charge on any atom is -0.490 e. The lowest BCUT2D eigenvalue weighted by Gasteiger charge is -2.16. The Morgan fingerprint density at radius 3 is 2.57 bits per heavy atom. The van der Waals surface area contributed by atoms with Gasteiger partial charge < -0.3 is 13.9 Å². The molecule has 0 unspecified atom stereocenters. The molecule has 6 rings (SSSR count). The second-order valence-corrected chi connectivity index (χ2v) is 11.2. The van der Waals surface area contributed by atoms with Gasteiger partial charge in [0.05, 0.1) is 28.2 Å². The van der Waals surface area contributed by atoms with Crippen LogP contribution in [0.3, 0.4) is 0 Å². The number of hydrogen-bond donors (Lipinski definition) is 0. The minimum absolute atomic E-state index is 0.296. The molecule has 7 nitrogen and oxygen atoms in total. The number of nitrogens with zero attached hydrogens (tertiary/aromatic N) is 3. The zero-order valence-corrected chi connectivity index (χ0v) is 26.0. The topological polar surface area (TPSA) is 78.9 Å². The van der Waals surface area contributed by atoms with Crippen LogP contribution in [0.4, 0.5) is 0 Å². The van der Waals surface area contributed by atoms with Crippen LogP contribution in [0.25, 0.3) is 33.5 Å². The quantitative estimate of drug-likeness (QED) is 0.150. The summed E-state index contributed by atoms with van der Waals surface area (Å²) >= 11 is 7.35. The first-order valence-electron chi connectivity index (χ1n) is 13.3. The van der Waals surface area contributed by atoms with Gasteiger partial charge in [-0.2, -0.15) is 9.78 Å². The molecule has 0 aliphatic rings. The standard InChI is InChI=1S/C33H25Br2N3O4/c1-3-40-27-17-23(29(34)30(35)31(27)41-19-21-10-8-9-20(2)15-21)18-36-38-32(28-16-22-11-4-7-14-26(22)42-28)37-25-13-6-5-12-24(25)33(38)39/h4-18H,3,19H2,1-2H3. The zero-order valence-electron chi connectivity index (χ0n) is 22.8. The summed E-state index contributed by atoms with van der Waals surface area (Å²) in [6, 6.07) is 26.7. The van der Waals surface area contributed by atoms with E-state index in [0.29, 0.717) is 67.3 Å². The molecule has 0 amide bonds. The molecule has 2 aromatic heterocycles. The van der Waals surface area contributed by atoms with Crippen molar-refractivity contribution in [3.8, 4) is 23.1 Å². The Bertz CT molecular complexity index is 2000. The Hall–Kier alpha value is -4.21. The Balaban J connectivity index is 1.43. The first-order valence-corrected chi connectivity index (χ1v) is 14.9. The first-order chi connectivity index (χ1) is 20.4. The lowest BCUT2D eigenvalue weighted by molar-refractivity contribution is 0.267. The van der Waals surface area contributed by atoms with Crippen molar-refractivity contribution < 1.29 is 13.9 Å². The van der Waals surface area contributed by atoms with Gasteiger partial charge in [-0.05, 0) is 81.6 Å². The van der Waals surface area contributed by atoms with Crippen molar-refractivity contribution in [3.63, 3.8) is 0 Å². The average molecular weight is 687 g/mol. The molecule has 0 saturated heterocycles. The molecule has 0 bridgehead atoms. The van der Waals surface area contributed by atoms with Crippen molar-refractivity contribution in [2.45, 2.75) is 20.5 Å². The molecule has 0 atom stereocenters. The Morgan fingerprint density at radius 2 is 1.76 bits per heavy atom. The monoisotopic (exact) mass is 685 g/mol. The summed E-state index contributed by atoms with van der Waals surface area (Å²) in [5.41, 5.74) is 3.82. The van der Waals surface area contributed by atoms with E-state index in [2.05, 4.69) is 43.0 Å². The molecule has 2 heterocycles. The molecule has 0 fully saturated rings. The van der Waals surface area contributed by atoms with E-state index in [9.17, 15) is 4.79 Å². The summed E-state index contributed by atoms with van der Waals surface area (Å²) in [6.45, 7) is 4.77. The molecule has 0 N–H and O–H groups in total. The normalized spacial score (nSPS) is 11.5. The van der Waals surface area contributed by atoms with E-state index in [0.717, 1.165) is 16.5 Å². The number of fused-ring (bicyclic) bond motifs is 2. The van der Waals surface area contributed by atoms with Crippen molar-refractivity contribution in [3.05, 3.63) is 121 Å². The SMILES string of the molecule is CCOc1cc(C=Nn2c(-c3cc4ccccc4o3)nc3ccccc3c2=O)c(Br)c(Br)c1OCc1cccc(C)c1. The highest BCUT2D eigenvalue weighted by molar-refractivity contribution is 9.13. The van der Waals surface area contributed by atoms with Gasteiger partial charge in [0.25, 0.3) is 5.56 Å². The van der Waals surface area contributed by atoms with Crippen LogP contribution in [-0.4, -0.2) is 22.5 Å². The van der Waals surface area contributed by atoms with Gasteiger partial charge in [0.1, 0.15) is 12.2 Å². The van der Waals surface area contributed by atoms with Crippen LogP contribution in [0, 0.1) is 6.92 Å². The third kappa shape index (κ3) is 5.49. The fourth-order valence-electron chi connectivity index (χ4n) is 4.66. The van der Waals surface area contributed by atoms with Gasteiger partial charge in [-0.15, -0.1) is 0 Å². The molecule has 0 aliphatic carbocycles. The van der Waals surface area contributed by atoms with Crippen LogP contribution in [0.15, 0.2) is 108 Å². The molecular weight excluding hydrogens is 662 g/mol. The maximum Gasteiger partial charge on any atom is 0.282 e. The maximum atomic E-state index is 13.7. The molecule has 42 heavy (non-hydrogen) atoms. The second kappa shape index (κ2) is 12.0. The Labute approximate surface area is 258 Å². The first kappa shape index (κ1) is 27.9. The molecule has 6 aromatic rings. The van der Waals surface area contributed by atoms with Crippen molar-refractivity contribution in [1.29, 1.82) is 0 Å². The highest BCUT2D eigenvalue weighted by Crippen LogP contribution is 2.43. The summed E-state index contributed by atoms with van der Waals surface area (Å²) in [6.07, 6.45) is 1.59. The third-order valence-electron chi connectivity index (χ3n) is 6.63. The summed E-state index contributed by atoms with van der Waals surface area (Å²) < 4.78 is 20.9. The smallest absolute Gasteiger partial charge is 0.282 e. The number of furan rings is 1. The van der Waals surface area contributed by atoms with Crippen LogP contribution in [0.1, 0.15) is 23.6 Å². The van der Waals surface area contributed by atoms with E-state index < -0.39 is 0 Å². The number of aromatic nitrogens is 2.